The number of rotatable bonds is 4. The highest BCUT2D eigenvalue weighted by Crippen LogP contribution is 2.15. The highest BCUT2D eigenvalue weighted by atomic mass is 35.5. The molecule has 2 rings (SSSR count). The van der Waals surface area contributed by atoms with E-state index in [9.17, 15) is 9.59 Å². The third-order valence-corrected chi connectivity index (χ3v) is 3.77. The number of carbonyl (C=O) groups is 2. The summed E-state index contributed by atoms with van der Waals surface area (Å²) in [5, 5.41) is 3.00. The molecule has 1 aliphatic heterocycles. The van der Waals surface area contributed by atoms with Gasteiger partial charge in [-0.25, -0.2) is 9.78 Å². The zero-order chi connectivity index (χ0) is 15.9. The Hall–Kier alpha value is -1.82. The molecule has 22 heavy (non-hydrogen) atoms. The van der Waals surface area contributed by atoms with Crippen molar-refractivity contribution in [1.29, 1.82) is 0 Å². The molecule has 0 spiro atoms. The van der Waals surface area contributed by atoms with Gasteiger partial charge in [0.2, 0.25) is 0 Å². The van der Waals surface area contributed by atoms with Crippen LogP contribution in [-0.4, -0.2) is 48.5 Å². The molecule has 0 bridgehead atoms. The van der Waals surface area contributed by atoms with Crippen LogP contribution in [0.25, 0.3) is 0 Å². The fraction of sp³-hybridized carbons (Fsp3) is 0.533. The molecule has 0 atom stereocenters. The van der Waals surface area contributed by atoms with E-state index in [-0.39, 0.29) is 23.2 Å². The average Bonchev–Trinajstić information content (AvgIpc) is 2.80. The molecular weight excluding hydrogens is 306 g/mol. The Morgan fingerprint density at radius 3 is 2.59 bits per heavy atom. The molecule has 1 aliphatic rings. The molecule has 6 nitrogen and oxygen atoms in total. The minimum absolute atomic E-state index is 0.149. The van der Waals surface area contributed by atoms with E-state index in [1.807, 2.05) is 0 Å². The summed E-state index contributed by atoms with van der Waals surface area (Å²) in [7, 11) is 1.68. The molecule has 0 aliphatic carbocycles. The summed E-state index contributed by atoms with van der Waals surface area (Å²) in [4.78, 5) is 29.8. The maximum Gasteiger partial charge on any atom is 0.338 e. The van der Waals surface area contributed by atoms with Gasteiger partial charge in [0, 0.05) is 20.1 Å². The SMILES string of the molecule is CNc1cc(C(=O)OCC(=O)N2CCCCCC2)cc(Cl)n1. The van der Waals surface area contributed by atoms with Crippen molar-refractivity contribution in [3.05, 3.63) is 22.8 Å². The highest BCUT2D eigenvalue weighted by molar-refractivity contribution is 6.29. The van der Waals surface area contributed by atoms with E-state index in [1.54, 1.807) is 11.9 Å². The van der Waals surface area contributed by atoms with Crippen LogP contribution in [0.15, 0.2) is 12.1 Å². The van der Waals surface area contributed by atoms with Crippen LogP contribution < -0.4 is 5.32 Å². The summed E-state index contributed by atoms with van der Waals surface area (Å²) < 4.78 is 5.09. The summed E-state index contributed by atoms with van der Waals surface area (Å²) >= 11 is 5.84. The van der Waals surface area contributed by atoms with Gasteiger partial charge in [-0.3, -0.25) is 4.79 Å². The van der Waals surface area contributed by atoms with E-state index in [4.69, 9.17) is 16.3 Å². The summed E-state index contributed by atoms with van der Waals surface area (Å²) in [6.45, 7) is 1.23. The predicted molar refractivity (Wildman–Crippen MR) is 84.1 cm³/mol. The second kappa shape index (κ2) is 7.98. The Morgan fingerprint density at radius 2 is 1.95 bits per heavy atom. The van der Waals surface area contributed by atoms with E-state index in [0.717, 1.165) is 38.8 Å². The van der Waals surface area contributed by atoms with E-state index in [0.29, 0.717) is 5.82 Å². The molecule has 1 N–H and O–H groups in total. The summed E-state index contributed by atoms with van der Waals surface area (Å²) in [5.41, 5.74) is 0.271. The molecule has 1 aromatic heterocycles. The molecule has 7 heteroatoms. The number of carbonyl (C=O) groups excluding carboxylic acids is 2. The number of hydrogen-bond donors (Lipinski definition) is 1. The smallest absolute Gasteiger partial charge is 0.338 e. The number of nitrogens with zero attached hydrogens (tertiary/aromatic N) is 2. The van der Waals surface area contributed by atoms with Crippen molar-refractivity contribution in [3.8, 4) is 0 Å². The maximum atomic E-state index is 12.1. The fourth-order valence-electron chi connectivity index (χ4n) is 2.36. The monoisotopic (exact) mass is 325 g/mol. The van der Waals surface area contributed by atoms with E-state index in [2.05, 4.69) is 10.3 Å². The summed E-state index contributed by atoms with van der Waals surface area (Å²) in [6.07, 6.45) is 4.30. The summed E-state index contributed by atoms with van der Waals surface area (Å²) in [5.74, 6) is -0.258. The molecular formula is C15H20ClN3O3. The number of amides is 1. The van der Waals surface area contributed by atoms with E-state index >= 15 is 0 Å². The normalized spacial score (nSPS) is 15.1. The van der Waals surface area contributed by atoms with Crippen LogP contribution >= 0.6 is 11.6 Å². The number of halogens is 1. The molecule has 1 aromatic rings. The third kappa shape index (κ3) is 4.59. The van der Waals surface area contributed by atoms with E-state index < -0.39 is 5.97 Å². The van der Waals surface area contributed by atoms with Gasteiger partial charge >= 0.3 is 5.97 Å². The van der Waals surface area contributed by atoms with Crippen molar-refractivity contribution < 1.29 is 14.3 Å². The van der Waals surface area contributed by atoms with Crippen LogP contribution in [0.1, 0.15) is 36.0 Å². The second-order valence-corrected chi connectivity index (χ2v) is 5.57. The van der Waals surface area contributed by atoms with Crippen LogP contribution in [-0.2, 0) is 9.53 Å². The van der Waals surface area contributed by atoms with Crippen LogP contribution in [0, 0.1) is 0 Å². The number of esters is 1. The lowest BCUT2D eigenvalue weighted by Gasteiger charge is -2.19. The Bertz CT molecular complexity index is 543. The van der Waals surface area contributed by atoms with Crippen molar-refractivity contribution in [3.63, 3.8) is 0 Å². The molecule has 1 amide bonds. The lowest BCUT2D eigenvalue weighted by Crippen LogP contribution is -2.35. The topological polar surface area (TPSA) is 71.5 Å². The first-order valence-corrected chi connectivity index (χ1v) is 7.78. The first-order chi connectivity index (χ1) is 10.6. The maximum absolute atomic E-state index is 12.1. The van der Waals surface area contributed by atoms with Crippen LogP contribution in [0.5, 0.6) is 0 Å². The largest absolute Gasteiger partial charge is 0.452 e. The molecule has 0 unspecified atom stereocenters. The highest BCUT2D eigenvalue weighted by Gasteiger charge is 2.18. The minimum atomic E-state index is -0.580. The van der Waals surface area contributed by atoms with Gasteiger partial charge in [-0.2, -0.15) is 0 Å². The molecule has 1 saturated heterocycles. The number of hydrogen-bond acceptors (Lipinski definition) is 5. The van der Waals surface area contributed by atoms with Crippen molar-refractivity contribution >= 4 is 29.3 Å². The van der Waals surface area contributed by atoms with Crippen molar-refractivity contribution in [1.82, 2.24) is 9.88 Å². The van der Waals surface area contributed by atoms with E-state index in [1.165, 1.54) is 12.1 Å². The molecule has 2 heterocycles. The number of anilines is 1. The lowest BCUT2D eigenvalue weighted by molar-refractivity contribution is -0.134. The first-order valence-electron chi connectivity index (χ1n) is 7.40. The zero-order valence-corrected chi connectivity index (χ0v) is 13.4. The van der Waals surface area contributed by atoms with Crippen molar-refractivity contribution in [2.45, 2.75) is 25.7 Å². The Labute approximate surface area is 134 Å². The number of nitrogens with one attached hydrogen (secondary N) is 1. The number of ether oxygens (including phenoxy) is 1. The Kier molecular flexibility index (Phi) is 6.00. The van der Waals surface area contributed by atoms with Gasteiger partial charge in [-0.1, -0.05) is 24.4 Å². The van der Waals surface area contributed by atoms with Crippen LogP contribution in [0.3, 0.4) is 0 Å². The van der Waals surface area contributed by atoms with Gasteiger partial charge < -0.3 is 15.0 Å². The Balaban J connectivity index is 1.91. The lowest BCUT2D eigenvalue weighted by atomic mass is 10.2. The number of pyridine rings is 1. The summed E-state index contributed by atoms with van der Waals surface area (Å²) in [6, 6.07) is 2.95. The van der Waals surface area contributed by atoms with Crippen molar-refractivity contribution in [2.75, 3.05) is 32.1 Å². The average molecular weight is 326 g/mol. The number of likely N-dealkylation sites (tertiary alicyclic amines) is 1. The van der Waals surface area contributed by atoms with Gasteiger partial charge in [-0.15, -0.1) is 0 Å². The minimum Gasteiger partial charge on any atom is -0.452 e. The van der Waals surface area contributed by atoms with Gasteiger partial charge in [-0.05, 0) is 25.0 Å². The molecule has 0 saturated carbocycles. The standard InChI is InChI=1S/C15H20ClN3O3/c1-17-13-9-11(8-12(16)18-13)15(21)22-10-14(20)19-6-4-2-3-5-7-19/h8-9H,2-7,10H2,1H3,(H,17,18). The van der Waals surface area contributed by atoms with Gasteiger partial charge in [0.25, 0.3) is 5.91 Å². The van der Waals surface area contributed by atoms with Crippen molar-refractivity contribution in [2.24, 2.45) is 0 Å². The molecule has 120 valence electrons. The Morgan fingerprint density at radius 1 is 1.27 bits per heavy atom. The molecule has 0 radical (unpaired) electrons. The fourth-order valence-corrected chi connectivity index (χ4v) is 2.57. The molecule has 0 aromatic carbocycles. The quantitative estimate of drug-likeness (QED) is 0.679. The zero-order valence-electron chi connectivity index (χ0n) is 12.6. The van der Waals surface area contributed by atoms with Crippen LogP contribution in [0.4, 0.5) is 5.82 Å². The first kappa shape index (κ1) is 16.5. The molecule has 1 fully saturated rings. The van der Waals surface area contributed by atoms with Gasteiger partial charge in [0.1, 0.15) is 11.0 Å². The van der Waals surface area contributed by atoms with Crippen LogP contribution in [0.2, 0.25) is 5.15 Å². The van der Waals surface area contributed by atoms with Gasteiger partial charge in [0.05, 0.1) is 5.56 Å². The predicted octanol–water partition coefficient (Wildman–Crippen LogP) is 2.34. The second-order valence-electron chi connectivity index (χ2n) is 5.18. The third-order valence-electron chi connectivity index (χ3n) is 3.57. The van der Waals surface area contributed by atoms with Gasteiger partial charge in [0.15, 0.2) is 6.61 Å². The number of aromatic nitrogens is 1.